The molecule has 0 fully saturated rings. The molecule has 210 valence electrons. The van der Waals surface area contributed by atoms with Gasteiger partial charge in [0.05, 0.1) is 5.52 Å². The number of anilines is 1. The van der Waals surface area contributed by atoms with E-state index in [1.807, 2.05) is 31.2 Å². The number of hydrogen-bond acceptors (Lipinski definition) is 6. The van der Waals surface area contributed by atoms with Crippen molar-refractivity contribution in [2.45, 2.75) is 52.0 Å². The van der Waals surface area contributed by atoms with Crippen molar-refractivity contribution in [3.63, 3.8) is 0 Å². The van der Waals surface area contributed by atoms with Gasteiger partial charge in [-0.05, 0) is 89.8 Å². The fourth-order valence-corrected chi connectivity index (χ4v) is 5.40. The molecule has 0 saturated carbocycles. The fraction of sp³-hybridized carbons (Fsp3) is 0.419. The minimum Gasteiger partial charge on any atom is -0.505 e. The normalized spacial score (nSPS) is 12.7. The number of pyridine rings is 2. The van der Waals surface area contributed by atoms with Gasteiger partial charge in [-0.2, -0.15) is 0 Å². The number of halogens is 2. The van der Waals surface area contributed by atoms with Crippen molar-refractivity contribution in [2.75, 3.05) is 38.5 Å². The van der Waals surface area contributed by atoms with E-state index in [0.717, 1.165) is 74.0 Å². The van der Waals surface area contributed by atoms with Gasteiger partial charge in [-0.15, -0.1) is 24.8 Å². The molecule has 5 rings (SSSR count). The van der Waals surface area contributed by atoms with Crippen LogP contribution in [0.2, 0.25) is 0 Å². The molecule has 0 amide bonds. The van der Waals surface area contributed by atoms with Crippen molar-refractivity contribution in [3.05, 3.63) is 71.0 Å². The summed E-state index contributed by atoms with van der Waals surface area (Å²) in [6, 6.07) is 16.5. The Morgan fingerprint density at radius 1 is 0.897 bits per heavy atom. The Kier molecular flexibility index (Phi) is 11.6. The van der Waals surface area contributed by atoms with Gasteiger partial charge in [-0.1, -0.05) is 36.4 Å². The summed E-state index contributed by atoms with van der Waals surface area (Å²) >= 11 is 0. The summed E-state index contributed by atoms with van der Waals surface area (Å²) < 4.78 is 0. The van der Waals surface area contributed by atoms with E-state index in [9.17, 15) is 5.11 Å². The third-order valence-electron chi connectivity index (χ3n) is 7.45. The molecule has 6 nitrogen and oxygen atoms in total. The molecule has 0 atom stereocenters. The first kappa shape index (κ1) is 30.9. The van der Waals surface area contributed by atoms with Gasteiger partial charge >= 0.3 is 0 Å². The van der Waals surface area contributed by atoms with Crippen LogP contribution in [0.3, 0.4) is 0 Å². The predicted octanol–water partition coefficient (Wildman–Crippen LogP) is 6.43. The molecule has 0 spiro atoms. The van der Waals surface area contributed by atoms with E-state index in [1.54, 1.807) is 0 Å². The molecule has 8 heteroatoms. The Balaban J connectivity index is 0.00000210. The maximum Gasteiger partial charge on any atom is 0.146 e. The van der Waals surface area contributed by atoms with Crippen LogP contribution in [0.5, 0.6) is 5.75 Å². The van der Waals surface area contributed by atoms with Gasteiger partial charge in [-0.3, -0.25) is 4.98 Å². The maximum absolute atomic E-state index is 10.6. The molecule has 2 aromatic carbocycles. The van der Waals surface area contributed by atoms with E-state index in [-0.39, 0.29) is 24.8 Å². The number of aryl methyl sites for hydroxylation is 2. The Bertz CT molecular complexity index is 1380. The number of nitrogens with zero attached hydrogens (tertiary/aromatic N) is 3. The third-order valence-corrected chi connectivity index (χ3v) is 7.45. The Morgan fingerprint density at radius 3 is 2.49 bits per heavy atom. The Labute approximate surface area is 244 Å². The molecule has 1 aliphatic rings. The van der Waals surface area contributed by atoms with Crippen LogP contribution in [-0.2, 0) is 19.4 Å². The SMILES string of the molecule is Cc1ccc2ccc(CNCCCN(C)CCCNc3c4c(nc5ccccc35)CCCC4)c(O)c2n1.Cl.Cl. The molecule has 3 N–H and O–H groups in total. The minimum atomic E-state index is 0. The van der Waals surface area contributed by atoms with Crippen molar-refractivity contribution >= 4 is 52.3 Å². The topological polar surface area (TPSA) is 73.3 Å². The lowest BCUT2D eigenvalue weighted by Gasteiger charge is -2.22. The average Bonchev–Trinajstić information content (AvgIpc) is 2.91. The molecule has 0 radical (unpaired) electrons. The highest BCUT2D eigenvalue weighted by Gasteiger charge is 2.17. The predicted molar refractivity (Wildman–Crippen MR) is 168 cm³/mol. The second-order valence-electron chi connectivity index (χ2n) is 10.3. The summed E-state index contributed by atoms with van der Waals surface area (Å²) in [7, 11) is 2.20. The van der Waals surface area contributed by atoms with Gasteiger partial charge in [0.1, 0.15) is 11.3 Å². The van der Waals surface area contributed by atoms with E-state index >= 15 is 0 Å². The number of para-hydroxylation sites is 1. The van der Waals surface area contributed by atoms with Crippen LogP contribution >= 0.6 is 24.8 Å². The number of fused-ring (bicyclic) bond motifs is 3. The van der Waals surface area contributed by atoms with Gasteiger partial charge < -0.3 is 20.6 Å². The van der Waals surface area contributed by atoms with Gasteiger partial charge in [0.15, 0.2) is 0 Å². The molecule has 0 saturated heterocycles. The van der Waals surface area contributed by atoms with Crippen LogP contribution in [0.1, 0.15) is 48.2 Å². The standard InChI is InChI=1S/C31H39N5O.2ClH/c1-22-13-14-23-15-16-24(31(37)29(23)34-22)21-32-17-7-19-36(2)20-8-18-33-30-25-9-3-5-11-27(25)35-28-12-6-4-10-26(28)30;;/h3,5,9,11,13-16,32,37H,4,6-8,10,12,17-21H2,1-2H3,(H,33,35);2*1H. The van der Waals surface area contributed by atoms with Crippen molar-refractivity contribution in [3.8, 4) is 5.75 Å². The summed E-state index contributed by atoms with van der Waals surface area (Å²) in [6.07, 6.45) is 6.91. The number of aromatic hydroxyl groups is 1. The largest absolute Gasteiger partial charge is 0.505 e. The van der Waals surface area contributed by atoms with E-state index in [2.05, 4.69) is 51.8 Å². The fourth-order valence-electron chi connectivity index (χ4n) is 5.40. The summed E-state index contributed by atoms with van der Waals surface area (Å²) in [5.41, 5.74) is 7.66. The van der Waals surface area contributed by atoms with Crippen LogP contribution < -0.4 is 10.6 Å². The monoisotopic (exact) mass is 569 g/mol. The molecule has 39 heavy (non-hydrogen) atoms. The second kappa shape index (κ2) is 14.7. The molecule has 2 heterocycles. The van der Waals surface area contributed by atoms with E-state index in [0.29, 0.717) is 17.8 Å². The summed E-state index contributed by atoms with van der Waals surface area (Å²) in [6.45, 7) is 6.59. The second-order valence-corrected chi connectivity index (χ2v) is 10.3. The summed E-state index contributed by atoms with van der Waals surface area (Å²) in [4.78, 5) is 11.9. The number of rotatable bonds is 11. The number of aromatic nitrogens is 2. The van der Waals surface area contributed by atoms with Crippen LogP contribution in [0.15, 0.2) is 48.5 Å². The number of benzene rings is 2. The lowest BCUT2D eigenvalue weighted by molar-refractivity contribution is 0.325. The highest BCUT2D eigenvalue weighted by molar-refractivity contribution is 5.93. The minimum absolute atomic E-state index is 0. The van der Waals surface area contributed by atoms with Gasteiger partial charge in [0.25, 0.3) is 0 Å². The van der Waals surface area contributed by atoms with Gasteiger partial charge in [-0.25, -0.2) is 4.98 Å². The molecule has 4 aromatic rings. The highest BCUT2D eigenvalue weighted by atomic mass is 35.5. The van der Waals surface area contributed by atoms with Crippen molar-refractivity contribution in [1.29, 1.82) is 0 Å². The molecule has 0 bridgehead atoms. The summed E-state index contributed by atoms with van der Waals surface area (Å²) in [5, 5.41) is 20.1. The number of phenols is 1. The average molecular weight is 571 g/mol. The highest BCUT2D eigenvalue weighted by Crippen LogP contribution is 2.33. The quantitative estimate of drug-likeness (QED) is 0.181. The van der Waals surface area contributed by atoms with Crippen molar-refractivity contribution in [2.24, 2.45) is 0 Å². The maximum atomic E-state index is 10.6. The lowest BCUT2D eigenvalue weighted by Crippen LogP contribution is -2.26. The lowest BCUT2D eigenvalue weighted by atomic mass is 9.92. The Morgan fingerprint density at radius 2 is 1.64 bits per heavy atom. The first-order chi connectivity index (χ1) is 18.1. The first-order valence-electron chi connectivity index (χ1n) is 13.7. The molecular formula is C31H41Cl2N5O. The Hall–Kier alpha value is -2.64. The van der Waals surface area contributed by atoms with Crippen molar-refractivity contribution in [1.82, 2.24) is 20.2 Å². The van der Waals surface area contributed by atoms with E-state index < -0.39 is 0 Å². The number of hydrogen-bond donors (Lipinski definition) is 3. The van der Waals surface area contributed by atoms with Crippen LogP contribution in [0.4, 0.5) is 5.69 Å². The molecule has 2 aromatic heterocycles. The molecular weight excluding hydrogens is 529 g/mol. The first-order valence-corrected chi connectivity index (χ1v) is 13.7. The van der Waals surface area contributed by atoms with Crippen LogP contribution in [0.25, 0.3) is 21.8 Å². The zero-order valence-electron chi connectivity index (χ0n) is 23.0. The third kappa shape index (κ3) is 7.52. The zero-order valence-corrected chi connectivity index (χ0v) is 24.6. The molecule has 0 unspecified atom stereocenters. The number of phenolic OH excluding ortho intramolecular Hbond substituents is 1. The van der Waals surface area contributed by atoms with Crippen LogP contribution in [0, 0.1) is 6.92 Å². The summed E-state index contributed by atoms with van der Waals surface area (Å²) in [5.74, 6) is 0.293. The zero-order chi connectivity index (χ0) is 25.6. The van der Waals surface area contributed by atoms with Crippen LogP contribution in [-0.4, -0.2) is 53.2 Å². The number of nitrogens with one attached hydrogen (secondary N) is 2. The van der Waals surface area contributed by atoms with E-state index in [1.165, 1.54) is 35.2 Å². The van der Waals surface area contributed by atoms with Gasteiger partial charge in [0.2, 0.25) is 0 Å². The van der Waals surface area contributed by atoms with Gasteiger partial charge in [0, 0.05) is 46.5 Å². The van der Waals surface area contributed by atoms with E-state index in [4.69, 9.17) is 4.98 Å². The molecule has 0 aliphatic heterocycles. The smallest absolute Gasteiger partial charge is 0.146 e. The molecule has 1 aliphatic carbocycles. The van der Waals surface area contributed by atoms with Crippen molar-refractivity contribution < 1.29 is 5.11 Å².